The number of carbonyl (C=O) groups excluding carboxylic acids is 1. The van der Waals surface area contributed by atoms with Gasteiger partial charge in [-0.05, 0) is 24.8 Å². The van der Waals surface area contributed by atoms with Gasteiger partial charge in [-0.25, -0.2) is 0 Å². The lowest BCUT2D eigenvalue weighted by Crippen LogP contribution is -2.42. The van der Waals surface area contributed by atoms with Crippen molar-refractivity contribution in [2.75, 3.05) is 13.2 Å². The van der Waals surface area contributed by atoms with E-state index in [1.165, 1.54) is 0 Å². The van der Waals surface area contributed by atoms with Crippen LogP contribution in [0.25, 0.3) is 0 Å². The van der Waals surface area contributed by atoms with Crippen molar-refractivity contribution in [3.8, 4) is 0 Å². The second-order valence-corrected chi connectivity index (χ2v) is 4.94. The number of amides is 1. The Labute approximate surface area is 118 Å². The van der Waals surface area contributed by atoms with Gasteiger partial charge in [0, 0.05) is 6.61 Å². The largest absolute Gasteiger partial charge is 0.396 e. The summed E-state index contributed by atoms with van der Waals surface area (Å²) in [5.41, 5.74) is 0.994. The maximum atomic E-state index is 11.9. The molecule has 0 aliphatic carbocycles. The first-order valence-electron chi connectivity index (χ1n) is 6.37. The van der Waals surface area contributed by atoms with Crippen LogP contribution in [0.4, 0.5) is 0 Å². The number of hydrogen-bond acceptors (Lipinski definition) is 3. The molecule has 0 bridgehead atoms. The molecular formula is C14H20ClNO3. The summed E-state index contributed by atoms with van der Waals surface area (Å²) in [4.78, 5) is 11.9. The first-order valence-corrected chi connectivity index (χ1v) is 6.81. The second-order valence-electron chi connectivity index (χ2n) is 4.41. The normalized spacial score (nSPS) is 13.8. The highest BCUT2D eigenvalue weighted by molar-refractivity contribution is 6.30. The Morgan fingerprint density at radius 2 is 1.95 bits per heavy atom. The van der Waals surface area contributed by atoms with Crippen molar-refractivity contribution in [2.45, 2.75) is 30.7 Å². The molecule has 0 radical (unpaired) electrons. The van der Waals surface area contributed by atoms with E-state index >= 15 is 0 Å². The van der Waals surface area contributed by atoms with Crippen molar-refractivity contribution >= 4 is 17.5 Å². The molecule has 5 heteroatoms. The molecule has 0 aliphatic heterocycles. The van der Waals surface area contributed by atoms with Crippen LogP contribution in [0.5, 0.6) is 0 Å². The molecule has 1 aromatic rings. The predicted molar refractivity (Wildman–Crippen MR) is 75.1 cm³/mol. The molecular weight excluding hydrogens is 266 g/mol. The van der Waals surface area contributed by atoms with Gasteiger partial charge < -0.3 is 15.5 Å². The van der Waals surface area contributed by atoms with Crippen molar-refractivity contribution in [3.05, 3.63) is 35.9 Å². The standard InChI is InChI=1S/C14H20ClNO3/c15-13(9-11-5-2-1-3-6-11)14(19)16-12(10-18)7-4-8-17/h1-3,5-6,12-13,17-18H,4,7-10H2,(H,16,19). The van der Waals surface area contributed by atoms with Crippen LogP contribution < -0.4 is 5.32 Å². The molecule has 0 aromatic heterocycles. The summed E-state index contributed by atoms with van der Waals surface area (Å²) < 4.78 is 0. The minimum Gasteiger partial charge on any atom is -0.396 e. The summed E-state index contributed by atoms with van der Waals surface area (Å²) in [5.74, 6) is -0.289. The smallest absolute Gasteiger partial charge is 0.238 e. The predicted octanol–water partition coefficient (Wildman–Crippen LogP) is 1.09. The van der Waals surface area contributed by atoms with Crippen LogP contribution in [0.2, 0.25) is 0 Å². The molecule has 1 aromatic carbocycles. The third-order valence-corrected chi connectivity index (χ3v) is 3.17. The minimum atomic E-state index is -0.662. The fraction of sp³-hybridized carbons (Fsp3) is 0.500. The van der Waals surface area contributed by atoms with E-state index in [1.54, 1.807) is 0 Å². The number of benzene rings is 1. The highest BCUT2D eigenvalue weighted by Crippen LogP contribution is 2.09. The van der Waals surface area contributed by atoms with Crippen LogP contribution >= 0.6 is 11.6 Å². The Kier molecular flexibility index (Phi) is 7.48. The summed E-state index contributed by atoms with van der Waals surface area (Å²) in [6, 6.07) is 9.18. The Morgan fingerprint density at radius 3 is 2.53 bits per heavy atom. The van der Waals surface area contributed by atoms with Gasteiger partial charge in [0.2, 0.25) is 5.91 Å². The van der Waals surface area contributed by atoms with Gasteiger partial charge in [0.15, 0.2) is 0 Å². The van der Waals surface area contributed by atoms with E-state index in [1.807, 2.05) is 30.3 Å². The summed E-state index contributed by atoms with van der Waals surface area (Å²) in [7, 11) is 0. The minimum absolute atomic E-state index is 0.0424. The molecule has 0 saturated heterocycles. The lowest BCUT2D eigenvalue weighted by molar-refractivity contribution is -0.121. The van der Waals surface area contributed by atoms with Crippen molar-refractivity contribution in [3.63, 3.8) is 0 Å². The molecule has 2 unspecified atom stereocenters. The molecule has 0 heterocycles. The molecule has 0 saturated carbocycles. The molecule has 106 valence electrons. The fourth-order valence-electron chi connectivity index (χ4n) is 1.75. The summed E-state index contributed by atoms with van der Waals surface area (Å²) in [5, 5.41) is 19.9. The van der Waals surface area contributed by atoms with Gasteiger partial charge in [-0.1, -0.05) is 30.3 Å². The number of hydrogen-bond donors (Lipinski definition) is 3. The Morgan fingerprint density at radius 1 is 1.26 bits per heavy atom. The van der Waals surface area contributed by atoms with E-state index in [0.717, 1.165) is 5.56 Å². The van der Waals surface area contributed by atoms with Gasteiger partial charge in [0.25, 0.3) is 0 Å². The number of carbonyl (C=O) groups is 1. The van der Waals surface area contributed by atoms with Gasteiger partial charge in [0.1, 0.15) is 5.38 Å². The molecule has 4 nitrogen and oxygen atoms in total. The summed E-state index contributed by atoms with van der Waals surface area (Å²) >= 11 is 6.06. The fourth-order valence-corrected chi connectivity index (χ4v) is 1.99. The lowest BCUT2D eigenvalue weighted by Gasteiger charge is -2.18. The maximum absolute atomic E-state index is 11.9. The third-order valence-electron chi connectivity index (χ3n) is 2.82. The third kappa shape index (κ3) is 6.05. The lowest BCUT2D eigenvalue weighted by atomic mass is 10.1. The molecule has 19 heavy (non-hydrogen) atoms. The molecule has 1 amide bonds. The van der Waals surface area contributed by atoms with Gasteiger partial charge in [0.05, 0.1) is 12.6 Å². The second kappa shape index (κ2) is 8.91. The van der Waals surface area contributed by atoms with Gasteiger partial charge in [-0.15, -0.1) is 11.6 Å². The van der Waals surface area contributed by atoms with Crippen LogP contribution in [0.15, 0.2) is 30.3 Å². The Hall–Kier alpha value is -1.10. The van der Waals surface area contributed by atoms with Crippen LogP contribution in [0.1, 0.15) is 18.4 Å². The van der Waals surface area contributed by atoms with Gasteiger partial charge in [-0.2, -0.15) is 0 Å². The zero-order valence-corrected chi connectivity index (χ0v) is 11.5. The quantitative estimate of drug-likeness (QED) is 0.626. The van der Waals surface area contributed by atoms with Crippen molar-refractivity contribution in [2.24, 2.45) is 0 Å². The van der Waals surface area contributed by atoms with Crippen LogP contribution in [-0.2, 0) is 11.2 Å². The van der Waals surface area contributed by atoms with Crippen LogP contribution in [-0.4, -0.2) is 40.8 Å². The van der Waals surface area contributed by atoms with E-state index in [0.29, 0.717) is 19.3 Å². The highest BCUT2D eigenvalue weighted by Gasteiger charge is 2.19. The van der Waals surface area contributed by atoms with Crippen molar-refractivity contribution in [1.29, 1.82) is 0 Å². The van der Waals surface area contributed by atoms with Gasteiger partial charge in [-0.3, -0.25) is 4.79 Å². The topological polar surface area (TPSA) is 69.6 Å². The first kappa shape index (κ1) is 16.0. The maximum Gasteiger partial charge on any atom is 0.238 e. The van der Waals surface area contributed by atoms with Crippen LogP contribution in [0, 0.1) is 0 Å². The number of rotatable bonds is 8. The molecule has 0 fully saturated rings. The summed E-state index contributed by atoms with van der Waals surface area (Å²) in [6.45, 7) is -0.110. The van der Waals surface area contributed by atoms with E-state index in [-0.39, 0.29) is 25.2 Å². The number of aliphatic hydroxyl groups is 2. The molecule has 2 atom stereocenters. The number of halogens is 1. The first-order chi connectivity index (χ1) is 9.17. The van der Waals surface area contributed by atoms with Crippen LogP contribution in [0.3, 0.4) is 0 Å². The average molecular weight is 286 g/mol. The number of nitrogens with one attached hydrogen (secondary N) is 1. The van der Waals surface area contributed by atoms with Gasteiger partial charge >= 0.3 is 0 Å². The Balaban J connectivity index is 2.43. The molecule has 1 rings (SSSR count). The Bertz CT molecular complexity index is 372. The molecule has 0 aliphatic rings. The number of alkyl halides is 1. The number of aliphatic hydroxyl groups excluding tert-OH is 2. The highest BCUT2D eigenvalue weighted by atomic mass is 35.5. The zero-order valence-electron chi connectivity index (χ0n) is 10.8. The summed E-state index contributed by atoms with van der Waals surface area (Å²) in [6.07, 6.45) is 1.53. The molecule has 3 N–H and O–H groups in total. The van der Waals surface area contributed by atoms with E-state index < -0.39 is 5.38 Å². The van der Waals surface area contributed by atoms with E-state index in [4.69, 9.17) is 21.8 Å². The SMILES string of the molecule is O=C(NC(CO)CCCO)C(Cl)Cc1ccccc1. The van der Waals surface area contributed by atoms with Crippen molar-refractivity contribution in [1.82, 2.24) is 5.32 Å². The van der Waals surface area contributed by atoms with Crippen molar-refractivity contribution < 1.29 is 15.0 Å². The van der Waals surface area contributed by atoms with E-state index in [2.05, 4.69) is 5.32 Å². The molecule has 0 spiro atoms. The van der Waals surface area contributed by atoms with E-state index in [9.17, 15) is 4.79 Å². The average Bonchev–Trinajstić information content (AvgIpc) is 2.44. The zero-order chi connectivity index (χ0) is 14.1. The monoisotopic (exact) mass is 285 g/mol.